The summed E-state index contributed by atoms with van der Waals surface area (Å²) in [6.07, 6.45) is 22.4. The summed E-state index contributed by atoms with van der Waals surface area (Å²) < 4.78 is 32.7. The van der Waals surface area contributed by atoms with Crippen molar-refractivity contribution in [1.82, 2.24) is 6.15 Å². The first-order chi connectivity index (χ1) is 21.6. The molecule has 0 saturated carbocycles. The highest BCUT2D eigenvalue weighted by Crippen LogP contribution is 2.34. The number of rotatable bonds is 30. The summed E-state index contributed by atoms with van der Waals surface area (Å²) in [7, 11) is -4.38. The molecule has 0 saturated heterocycles. The molecule has 0 aliphatic carbocycles. The first-order valence-corrected chi connectivity index (χ1v) is 19.7. The van der Waals surface area contributed by atoms with Gasteiger partial charge in [0.1, 0.15) is 5.41 Å². The molecule has 266 valence electrons. The smallest absolute Gasteiger partial charge is 0.294 e. The summed E-state index contributed by atoms with van der Waals surface area (Å²) in [5.74, 6) is -0.845. The van der Waals surface area contributed by atoms with Crippen LogP contribution in [0.15, 0.2) is 29.2 Å². The van der Waals surface area contributed by atoms with Gasteiger partial charge in [-0.3, -0.25) is 18.9 Å². The van der Waals surface area contributed by atoms with Crippen LogP contribution in [-0.2, 0) is 30.9 Å². The van der Waals surface area contributed by atoms with E-state index in [1.54, 1.807) is 0 Å². The maximum Gasteiger partial charge on any atom is 0.294 e. The SMILES string of the molecule is CCCCCCCCCC(=O)C(Cc1ccc(S(=O)(=O)O)cc1)(C(=O)CCCCCCCCC)C(=O)CCCCCCCCC.N. The zero-order valence-corrected chi connectivity index (χ0v) is 30.4. The van der Waals surface area contributed by atoms with Gasteiger partial charge in [-0.1, -0.05) is 148 Å². The van der Waals surface area contributed by atoms with E-state index in [0.717, 1.165) is 57.8 Å². The molecule has 1 rings (SSSR count). The number of carbonyl (C=O) groups is 3. The van der Waals surface area contributed by atoms with Crippen LogP contribution in [0.1, 0.15) is 180 Å². The molecule has 0 aromatic heterocycles. The van der Waals surface area contributed by atoms with Crippen LogP contribution in [0.25, 0.3) is 0 Å². The van der Waals surface area contributed by atoms with Gasteiger partial charge in [0.2, 0.25) is 0 Å². The minimum Gasteiger partial charge on any atom is -0.344 e. The molecule has 0 spiro atoms. The lowest BCUT2D eigenvalue weighted by molar-refractivity contribution is -0.149. The Labute approximate surface area is 281 Å². The van der Waals surface area contributed by atoms with Crippen molar-refractivity contribution < 1.29 is 27.4 Å². The van der Waals surface area contributed by atoms with Crippen LogP contribution in [0, 0.1) is 5.41 Å². The van der Waals surface area contributed by atoms with E-state index in [2.05, 4.69) is 20.8 Å². The Morgan fingerprint density at radius 1 is 0.522 bits per heavy atom. The highest BCUT2D eigenvalue weighted by Gasteiger charge is 2.49. The molecule has 0 heterocycles. The highest BCUT2D eigenvalue weighted by molar-refractivity contribution is 7.85. The third-order valence-corrected chi connectivity index (χ3v) is 10.0. The van der Waals surface area contributed by atoms with Crippen LogP contribution in [0.4, 0.5) is 0 Å². The number of carbonyl (C=O) groups excluding carboxylic acids is 3. The van der Waals surface area contributed by atoms with Gasteiger partial charge in [0, 0.05) is 19.3 Å². The Morgan fingerprint density at radius 3 is 1.09 bits per heavy atom. The van der Waals surface area contributed by atoms with E-state index in [1.165, 1.54) is 82.1 Å². The number of unbranched alkanes of at least 4 members (excludes halogenated alkanes) is 18. The van der Waals surface area contributed by atoms with E-state index in [9.17, 15) is 27.4 Å². The monoisotopic (exact) mass is 665 g/mol. The largest absolute Gasteiger partial charge is 0.344 e. The van der Waals surface area contributed by atoms with Crippen molar-refractivity contribution in [1.29, 1.82) is 0 Å². The summed E-state index contributed by atoms with van der Waals surface area (Å²) in [5.41, 5.74) is -1.19. The fraction of sp³-hybridized carbons (Fsp3) is 0.763. The predicted molar refractivity (Wildman–Crippen MR) is 190 cm³/mol. The second-order valence-electron chi connectivity index (χ2n) is 13.1. The standard InChI is InChI=1S/C38H64O6S.H3N/c1-4-7-10-13-16-19-22-25-35(39)38(36(40)26-23-20-17-14-11-8-5-2,37(41)27-24-21-18-15-12-9-6-3)32-33-28-30-34(31-29-33)45(42,43)44;/h28-31H,4-27,32H2,1-3H3,(H,42,43,44);1H3. The van der Waals surface area contributed by atoms with E-state index in [4.69, 9.17) is 0 Å². The van der Waals surface area contributed by atoms with Gasteiger partial charge < -0.3 is 6.15 Å². The lowest BCUT2D eigenvalue weighted by Gasteiger charge is -2.30. The van der Waals surface area contributed by atoms with Gasteiger partial charge in [-0.2, -0.15) is 8.42 Å². The molecule has 1 aromatic rings. The minimum atomic E-state index is -4.38. The van der Waals surface area contributed by atoms with E-state index < -0.39 is 15.5 Å². The molecule has 8 heteroatoms. The van der Waals surface area contributed by atoms with Gasteiger partial charge in [-0.25, -0.2) is 0 Å². The van der Waals surface area contributed by atoms with Gasteiger partial charge in [-0.05, 0) is 43.4 Å². The molecule has 0 aliphatic rings. The zero-order valence-electron chi connectivity index (χ0n) is 29.6. The van der Waals surface area contributed by atoms with Crippen molar-refractivity contribution in [2.24, 2.45) is 5.41 Å². The van der Waals surface area contributed by atoms with Crippen LogP contribution in [0.5, 0.6) is 0 Å². The third-order valence-electron chi connectivity index (χ3n) is 9.14. The van der Waals surface area contributed by atoms with Crippen molar-refractivity contribution in [3.63, 3.8) is 0 Å². The topological polar surface area (TPSA) is 141 Å². The Kier molecular flexibility index (Phi) is 25.0. The summed E-state index contributed by atoms with van der Waals surface area (Å²) >= 11 is 0. The molecule has 1 aromatic carbocycles. The molecular weight excluding hydrogens is 598 g/mol. The molecule has 0 aliphatic heterocycles. The number of benzene rings is 1. The summed E-state index contributed by atoms with van der Waals surface area (Å²) in [6, 6.07) is 5.58. The quantitative estimate of drug-likeness (QED) is 0.0473. The van der Waals surface area contributed by atoms with Crippen LogP contribution < -0.4 is 6.15 Å². The Bertz CT molecular complexity index is 993. The van der Waals surface area contributed by atoms with Gasteiger partial charge in [0.05, 0.1) is 4.90 Å². The molecule has 0 fully saturated rings. The normalized spacial score (nSPS) is 11.7. The Hall–Kier alpha value is -1.90. The van der Waals surface area contributed by atoms with Crippen LogP contribution >= 0.6 is 0 Å². The lowest BCUT2D eigenvalue weighted by Crippen LogP contribution is -2.48. The first kappa shape index (κ1) is 44.1. The van der Waals surface area contributed by atoms with Crippen molar-refractivity contribution in [2.75, 3.05) is 0 Å². The van der Waals surface area contributed by atoms with Crippen molar-refractivity contribution >= 4 is 27.5 Å². The van der Waals surface area contributed by atoms with Gasteiger partial charge in [-0.15, -0.1) is 0 Å². The Morgan fingerprint density at radius 2 is 0.804 bits per heavy atom. The number of hydrogen-bond acceptors (Lipinski definition) is 6. The van der Waals surface area contributed by atoms with Gasteiger partial charge in [0.15, 0.2) is 17.3 Å². The number of ketones is 3. The molecular formula is C38H67NO6S. The molecule has 0 radical (unpaired) electrons. The molecule has 0 bridgehead atoms. The highest BCUT2D eigenvalue weighted by atomic mass is 32.2. The molecule has 46 heavy (non-hydrogen) atoms. The van der Waals surface area contributed by atoms with Crippen molar-refractivity contribution in [3.8, 4) is 0 Å². The number of hydrogen-bond donors (Lipinski definition) is 2. The fourth-order valence-corrected chi connectivity index (χ4v) is 6.70. The van der Waals surface area contributed by atoms with E-state index >= 15 is 0 Å². The maximum atomic E-state index is 14.2. The zero-order chi connectivity index (χ0) is 33.4. The van der Waals surface area contributed by atoms with Crippen LogP contribution in [0.3, 0.4) is 0 Å². The molecule has 0 unspecified atom stereocenters. The van der Waals surface area contributed by atoms with Gasteiger partial charge >= 0.3 is 0 Å². The maximum absolute atomic E-state index is 14.2. The second-order valence-corrected chi connectivity index (χ2v) is 14.5. The molecule has 7 nitrogen and oxygen atoms in total. The first-order valence-electron chi connectivity index (χ1n) is 18.3. The van der Waals surface area contributed by atoms with Crippen molar-refractivity contribution in [3.05, 3.63) is 29.8 Å². The Balaban J connectivity index is 0.0000202. The van der Waals surface area contributed by atoms with E-state index in [0.29, 0.717) is 24.8 Å². The van der Waals surface area contributed by atoms with Crippen LogP contribution in [0.2, 0.25) is 0 Å². The van der Waals surface area contributed by atoms with Crippen molar-refractivity contribution in [2.45, 2.75) is 186 Å². The lowest BCUT2D eigenvalue weighted by atomic mass is 9.67. The van der Waals surface area contributed by atoms with Gasteiger partial charge in [0.25, 0.3) is 10.1 Å². The van der Waals surface area contributed by atoms with E-state index in [1.807, 2.05) is 0 Å². The molecule has 0 amide bonds. The summed E-state index contributed by atoms with van der Waals surface area (Å²) in [4.78, 5) is 42.2. The third kappa shape index (κ3) is 17.3. The average Bonchev–Trinajstić information content (AvgIpc) is 3.01. The second kappa shape index (κ2) is 26.1. The molecule has 4 N–H and O–H groups in total. The van der Waals surface area contributed by atoms with Crippen LogP contribution in [-0.4, -0.2) is 30.3 Å². The average molecular weight is 666 g/mol. The molecule has 0 atom stereocenters. The minimum absolute atomic E-state index is 0. The predicted octanol–water partition coefficient (Wildman–Crippen LogP) is 10.8. The summed E-state index contributed by atoms with van der Waals surface area (Å²) in [5, 5.41) is 0. The number of Topliss-reactive ketones (excluding diaryl/α,β-unsaturated/α-hetero) is 3. The fourth-order valence-electron chi connectivity index (χ4n) is 6.22. The van der Waals surface area contributed by atoms with E-state index in [-0.39, 0.29) is 54.1 Å². The summed E-state index contributed by atoms with van der Waals surface area (Å²) in [6.45, 7) is 6.55.